The Labute approximate surface area is 100 Å². The van der Waals surface area contributed by atoms with Crippen molar-refractivity contribution in [2.45, 2.75) is 27.2 Å². The molecule has 1 aromatic heterocycles. The van der Waals surface area contributed by atoms with E-state index in [1.807, 2.05) is 13.8 Å². The summed E-state index contributed by atoms with van der Waals surface area (Å²) in [6, 6.07) is 0. The molecule has 0 spiro atoms. The highest BCUT2D eigenvalue weighted by molar-refractivity contribution is 7.11. The quantitative estimate of drug-likeness (QED) is 0.868. The maximum atomic E-state index is 12.0. The Hall–Kier alpha value is -0.740. The second-order valence-corrected chi connectivity index (χ2v) is 5.89. The third-order valence-electron chi connectivity index (χ3n) is 3.43. The van der Waals surface area contributed by atoms with Gasteiger partial charge in [0.05, 0.1) is 12.1 Å². The Kier molecular flexibility index (Phi) is 3.40. The SMILES string of the molecule is Cc1nc(CC(=O)C(C)C2CNC2)sc1C. The van der Waals surface area contributed by atoms with Gasteiger partial charge in [0.25, 0.3) is 0 Å². The maximum Gasteiger partial charge on any atom is 0.142 e. The molecular formula is C12H18N2OS. The van der Waals surface area contributed by atoms with Crippen molar-refractivity contribution in [3.8, 4) is 0 Å². The van der Waals surface area contributed by atoms with Gasteiger partial charge in [-0.2, -0.15) is 0 Å². The normalized spacial score (nSPS) is 18.2. The Balaban J connectivity index is 1.95. The van der Waals surface area contributed by atoms with E-state index in [9.17, 15) is 4.79 Å². The number of aromatic nitrogens is 1. The topological polar surface area (TPSA) is 42.0 Å². The van der Waals surface area contributed by atoms with Crippen LogP contribution in [0.4, 0.5) is 0 Å². The number of ketones is 1. The standard InChI is InChI=1S/C12H18N2OS/c1-7(10-5-13-6-10)11(15)4-12-14-8(2)9(3)16-12/h7,10,13H,4-6H2,1-3H3. The van der Waals surface area contributed by atoms with Gasteiger partial charge in [-0.05, 0) is 32.9 Å². The Morgan fingerprint density at radius 1 is 1.56 bits per heavy atom. The zero-order valence-corrected chi connectivity index (χ0v) is 10.9. The van der Waals surface area contributed by atoms with Crippen LogP contribution in [0.3, 0.4) is 0 Å². The van der Waals surface area contributed by atoms with Crippen LogP contribution in [0, 0.1) is 25.7 Å². The Morgan fingerprint density at radius 3 is 2.69 bits per heavy atom. The molecule has 1 aliphatic heterocycles. The molecule has 1 aromatic rings. The van der Waals surface area contributed by atoms with E-state index >= 15 is 0 Å². The average Bonchev–Trinajstić information content (AvgIpc) is 2.42. The van der Waals surface area contributed by atoms with Crippen LogP contribution in [-0.2, 0) is 11.2 Å². The van der Waals surface area contributed by atoms with Gasteiger partial charge in [0.1, 0.15) is 10.8 Å². The highest BCUT2D eigenvalue weighted by Gasteiger charge is 2.28. The van der Waals surface area contributed by atoms with Gasteiger partial charge in [-0.1, -0.05) is 6.92 Å². The van der Waals surface area contributed by atoms with Crippen molar-refractivity contribution in [2.24, 2.45) is 11.8 Å². The van der Waals surface area contributed by atoms with Crippen LogP contribution in [0.2, 0.25) is 0 Å². The lowest BCUT2D eigenvalue weighted by Gasteiger charge is -2.31. The second kappa shape index (κ2) is 4.63. The fraction of sp³-hybridized carbons (Fsp3) is 0.667. The molecular weight excluding hydrogens is 220 g/mol. The summed E-state index contributed by atoms with van der Waals surface area (Å²) in [5.41, 5.74) is 1.06. The number of aryl methyl sites for hydroxylation is 2. The van der Waals surface area contributed by atoms with Crippen LogP contribution in [0.5, 0.6) is 0 Å². The van der Waals surface area contributed by atoms with E-state index < -0.39 is 0 Å². The number of rotatable bonds is 4. The van der Waals surface area contributed by atoms with Gasteiger partial charge in [-0.15, -0.1) is 11.3 Å². The smallest absolute Gasteiger partial charge is 0.142 e. The minimum absolute atomic E-state index is 0.172. The summed E-state index contributed by atoms with van der Waals surface area (Å²) >= 11 is 1.65. The van der Waals surface area contributed by atoms with Gasteiger partial charge < -0.3 is 5.32 Å². The van der Waals surface area contributed by atoms with E-state index in [4.69, 9.17) is 0 Å². The molecule has 1 aliphatic rings. The predicted octanol–water partition coefficient (Wildman–Crippen LogP) is 1.73. The summed E-state index contributed by atoms with van der Waals surface area (Å²) in [6.45, 7) is 8.08. The first-order valence-electron chi connectivity index (χ1n) is 5.74. The van der Waals surface area contributed by atoms with Gasteiger partial charge in [-0.3, -0.25) is 4.79 Å². The fourth-order valence-electron chi connectivity index (χ4n) is 1.85. The highest BCUT2D eigenvalue weighted by Crippen LogP contribution is 2.22. The molecule has 16 heavy (non-hydrogen) atoms. The molecule has 1 unspecified atom stereocenters. The zero-order chi connectivity index (χ0) is 11.7. The largest absolute Gasteiger partial charge is 0.316 e. The summed E-state index contributed by atoms with van der Waals surface area (Å²) in [7, 11) is 0. The molecule has 0 radical (unpaired) electrons. The third kappa shape index (κ3) is 2.33. The molecule has 1 saturated heterocycles. The fourth-order valence-corrected chi connectivity index (χ4v) is 2.80. The first-order valence-corrected chi connectivity index (χ1v) is 6.56. The molecule has 2 heterocycles. The predicted molar refractivity (Wildman–Crippen MR) is 65.8 cm³/mol. The number of carbonyl (C=O) groups excluding carboxylic acids is 1. The van der Waals surface area contributed by atoms with Crippen molar-refractivity contribution >= 4 is 17.1 Å². The molecule has 0 bridgehead atoms. The number of thiazole rings is 1. The van der Waals surface area contributed by atoms with Crippen molar-refractivity contribution in [3.05, 3.63) is 15.6 Å². The Bertz CT molecular complexity index is 376. The number of nitrogens with zero attached hydrogens (tertiary/aromatic N) is 1. The molecule has 1 fully saturated rings. The van der Waals surface area contributed by atoms with E-state index in [1.54, 1.807) is 11.3 Å². The van der Waals surface area contributed by atoms with Crippen LogP contribution in [0.1, 0.15) is 22.5 Å². The highest BCUT2D eigenvalue weighted by atomic mass is 32.1. The first-order chi connectivity index (χ1) is 7.58. The van der Waals surface area contributed by atoms with Crippen molar-refractivity contribution in [1.29, 1.82) is 0 Å². The van der Waals surface area contributed by atoms with Crippen molar-refractivity contribution < 1.29 is 4.79 Å². The minimum atomic E-state index is 0.172. The average molecular weight is 238 g/mol. The molecule has 1 atom stereocenters. The molecule has 0 amide bonds. The van der Waals surface area contributed by atoms with E-state index in [2.05, 4.69) is 17.2 Å². The van der Waals surface area contributed by atoms with E-state index in [-0.39, 0.29) is 5.92 Å². The number of hydrogen-bond donors (Lipinski definition) is 1. The molecule has 4 heteroatoms. The molecule has 3 nitrogen and oxygen atoms in total. The summed E-state index contributed by atoms with van der Waals surface area (Å²) in [4.78, 5) is 17.6. The third-order valence-corrected chi connectivity index (χ3v) is 4.50. The molecule has 1 N–H and O–H groups in total. The van der Waals surface area contributed by atoms with Gasteiger partial charge in [0.2, 0.25) is 0 Å². The lowest BCUT2D eigenvalue weighted by atomic mass is 9.85. The number of Topliss-reactive ketones (excluding diaryl/α,β-unsaturated/α-hetero) is 1. The summed E-state index contributed by atoms with van der Waals surface area (Å²) in [6.07, 6.45) is 0.511. The molecule has 2 rings (SSSR count). The number of nitrogens with one attached hydrogen (secondary N) is 1. The van der Waals surface area contributed by atoms with Crippen LogP contribution in [0.15, 0.2) is 0 Å². The lowest BCUT2D eigenvalue weighted by Crippen LogP contribution is -2.47. The summed E-state index contributed by atoms with van der Waals surface area (Å²) in [5, 5.41) is 4.18. The molecule has 0 aliphatic carbocycles. The van der Waals surface area contributed by atoms with Gasteiger partial charge >= 0.3 is 0 Å². The first kappa shape index (κ1) is 11.7. The van der Waals surface area contributed by atoms with E-state index in [0.717, 1.165) is 23.8 Å². The van der Waals surface area contributed by atoms with E-state index in [0.29, 0.717) is 18.1 Å². The monoisotopic (exact) mass is 238 g/mol. The van der Waals surface area contributed by atoms with Crippen LogP contribution >= 0.6 is 11.3 Å². The Morgan fingerprint density at radius 2 is 2.25 bits per heavy atom. The van der Waals surface area contributed by atoms with E-state index in [1.165, 1.54) is 4.88 Å². The summed E-state index contributed by atoms with van der Waals surface area (Å²) < 4.78 is 0. The second-order valence-electron chi connectivity index (χ2n) is 4.60. The van der Waals surface area contributed by atoms with Gasteiger partial charge in [-0.25, -0.2) is 4.98 Å². The zero-order valence-electron chi connectivity index (χ0n) is 10.0. The number of carbonyl (C=O) groups is 1. The van der Waals surface area contributed by atoms with Crippen molar-refractivity contribution in [3.63, 3.8) is 0 Å². The molecule has 88 valence electrons. The lowest BCUT2D eigenvalue weighted by molar-refractivity contribution is -0.123. The van der Waals surface area contributed by atoms with Gasteiger partial charge in [0.15, 0.2) is 0 Å². The van der Waals surface area contributed by atoms with Crippen LogP contribution in [-0.4, -0.2) is 23.9 Å². The maximum absolute atomic E-state index is 12.0. The summed E-state index contributed by atoms with van der Waals surface area (Å²) in [5.74, 6) is 1.04. The molecule has 0 saturated carbocycles. The number of hydrogen-bond acceptors (Lipinski definition) is 4. The van der Waals surface area contributed by atoms with Crippen LogP contribution in [0.25, 0.3) is 0 Å². The molecule has 0 aromatic carbocycles. The minimum Gasteiger partial charge on any atom is -0.316 e. The van der Waals surface area contributed by atoms with Crippen LogP contribution < -0.4 is 5.32 Å². The van der Waals surface area contributed by atoms with Crippen molar-refractivity contribution in [1.82, 2.24) is 10.3 Å². The van der Waals surface area contributed by atoms with Gasteiger partial charge in [0, 0.05) is 10.8 Å². The van der Waals surface area contributed by atoms with Crippen molar-refractivity contribution in [2.75, 3.05) is 13.1 Å².